The molecule has 0 fully saturated rings. The van der Waals surface area contributed by atoms with Crippen molar-refractivity contribution in [1.29, 1.82) is 0 Å². The van der Waals surface area contributed by atoms with Crippen molar-refractivity contribution in [3.05, 3.63) is 11.1 Å². The Hall–Kier alpha value is -0.610. The highest BCUT2D eigenvalue weighted by molar-refractivity contribution is 7.13. The van der Waals surface area contributed by atoms with E-state index < -0.39 is 0 Å². The summed E-state index contributed by atoms with van der Waals surface area (Å²) in [4.78, 5) is 4.19. The maximum Gasteiger partial charge on any atom is 0.180 e. The average molecular weight is 171 g/mol. The average Bonchev–Trinajstić information content (AvgIpc) is 2.39. The highest BCUT2D eigenvalue weighted by Crippen LogP contribution is 2.19. The Morgan fingerprint density at radius 3 is 2.91 bits per heavy atom. The van der Waals surface area contributed by atoms with Crippen molar-refractivity contribution in [1.82, 2.24) is 10.3 Å². The van der Waals surface area contributed by atoms with Crippen LogP contribution in [0.1, 0.15) is 25.1 Å². The molecule has 0 aliphatic carbocycles. The zero-order valence-corrected chi connectivity index (χ0v) is 7.61. The molecule has 0 aromatic carbocycles. The third-order valence-electron chi connectivity index (χ3n) is 1.65. The van der Waals surface area contributed by atoms with Crippen LogP contribution in [0.5, 0.6) is 0 Å². The molecule has 0 spiro atoms. The molecule has 0 aliphatic rings. The molecule has 1 unspecified atom stereocenters. The quantitative estimate of drug-likeness (QED) is 0.722. The molecular formula is C7H13N3S. The fourth-order valence-corrected chi connectivity index (χ4v) is 1.64. The topological polar surface area (TPSA) is 50.9 Å². The fourth-order valence-electron chi connectivity index (χ4n) is 1.02. The second-order valence-electron chi connectivity index (χ2n) is 2.36. The second kappa shape index (κ2) is 3.69. The van der Waals surface area contributed by atoms with Crippen LogP contribution in [0.3, 0.4) is 0 Å². The number of rotatable bonds is 3. The minimum atomic E-state index is 0.351. The second-order valence-corrected chi connectivity index (χ2v) is 3.25. The van der Waals surface area contributed by atoms with Crippen LogP contribution in [0, 0.1) is 0 Å². The summed E-state index contributed by atoms with van der Waals surface area (Å²) in [6.45, 7) is 2.12. The van der Waals surface area contributed by atoms with E-state index >= 15 is 0 Å². The Morgan fingerprint density at radius 1 is 1.82 bits per heavy atom. The summed E-state index contributed by atoms with van der Waals surface area (Å²) in [7, 11) is 1.93. The summed E-state index contributed by atoms with van der Waals surface area (Å²) < 4.78 is 0. The van der Waals surface area contributed by atoms with Crippen molar-refractivity contribution in [2.45, 2.75) is 19.4 Å². The van der Waals surface area contributed by atoms with Crippen LogP contribution < -0.4 is 11.1 Å². The normalized spacial score (nSPS) is 13.3. The molecule has 62 valence electrons. The molecule has 0 aliphatic heterocycles. The molecule has 1 heterocycles. The first-order valence-electron chi connectivity index (χ1n) is 3.66. The zero-order valence-electron chi connectivity index (χ0n) is 6.79. The van der Waals surface area contributed by atoms with E-state index in [1.807, 2.05) is 12.4 Å². The largest absolute Gasteiger partial charge is 0.375 e. The summed E-state index contributed by atoms with van der Waals surface area (Å²) in [5.74, 6) is 0. The molecule has 0 bridgehead atoms. The van der Waals surface area contributed by atoms with Crippen molar-refractivity contribution in [2.24, 2.45) is 0 Å². The van der Waals surface area contributed by atoms with Gasteiger partial charge in [0.25, 0.3) is 0 Å². The molecule has 0 saturated heterocycles. The van der Waals surface area contributed by atoms with Gasteiger partial charge in [-0.2, -0.15) is 0 Å². The van der Waals surface area contributed by atoms with E-state index in [1.54, 1.807) is 0 Å². The lowest BCUT2D eigenvalue weighted by atomic mass is 10.2. The van der Waals surface area contributed by atoms with Gasteiger partial charge < -0.3 is 11.1 Å². The van der Waals surface area contributed by atoms with Gasteiger partial charge in [-0.15, -0.1) is 11.3 Å². The van der Waals surface area contributed by atoms with Gasteiger partial charge in [-0.1, -0.05) is 6.92 Å². The number of nitrogens with zero attached hydrogens (tertiary/aromatic N) is 1. The van der Waals surface area contributed by atoms with Crippen LogP contribution in [0.2, 0.25) is 0 Å². The fraction of sp³-hybridized carbons (Fsp3) is 0.571. The number of nitrogens with two attached hydrogens (primary N) is 1. The lowest BCUT2D eigenvalue weighted by Crippen LogP contribution is -2.15. The van der Waals surface area contributed by atoms with Crippen LogP contribution in [0.25, 0.3) is 0 Å². The lowest BCUT2D eigenvalue weighted by molar-refractivity contribution is 0.565. The van der Waals surface area contributed by atoms with Gasteiger partial charge in [-0.05, 0) is 13.5 Å². The van der Waals surface area contributed by atoms with Crippen LogP contribution in [0.15, 0.2) is 5.38 Å². The van der Waals surface area contributed by atoms with Crippen LogP contribution >= 0.6 is 11.3 Å². The summed E-state index contributed by atoms with van der Waals surface area (Å²) >= 11 is 1.49. The third kappa shape index (κ3) is 1.91. The summed E-state index contributed by atoms with van der Waals surface area (Å²) in [5.41, 5.74) is 6.56. The van der Waals surface area contributed by atoms with E-state index in [1.165, 1.54) is 11.3 Å². The van der Waals surface area contributed by atoms with Gasteiger partial charge in [-0.3, -0.25) is 0 Å². The molecule has 0 radical (unpaired) electrons. The highest BCUT2D eigenvalue weighted by Gasteiger charge is 2.08. The monoisotopic (exact) mass is 171 g/mol. The molecule has 1 aromatic heterocycles. The van der Waals surface area contributed by atoms with E-state index in [9.17, 15) is 0 Å². The molecule has 4 heteroatoms. The Kier molecular flexibility index (Phi) is 2.84. The SMILES string of the molecule is CCC(NC)c1csc(N)n1. The standard InChI is InChI=1S/C7H13N3S/c1-3-5(9-2)6-4-11-7(8)10-6/h4-5,9H,3H2,1-2H3,(H2,8,10). The number of hydrogen-bond donors (Lipinski definition) is 2. The van der Waals surface area contributed by atoms with Gasteiger partial charge >= 0.3 is 0 Å². The van der Waals surface area contributed by atoms with Gasteiger partial charge in [0, 0.05) is 11.4 Å². The molecular weight excluding hydrogens is 158 g/mol. The van der Waals surface area contributed by atoms with Crippen LogP contribution in [-0.4, -0.2) is 12.0 Å². The predicted octanol–water partition coefficient (Wildman–Crippen LogP) is 1.40. The molecule has 0 saturated carbocycles. The summed E-state index contributed by atoms with van der Waals surface area (Å²) in [6.07, 6.45) is 1.04. The first kappa shape index (κ1) is 8.49. The third-order valence-corrected chi connectivity index (χ3v) is 2.35. The highest BCUT2D eigenvalue weighted by atomic mass is 32.1. The lowest BCUT2D eigenvalue weighted by Gasteiger charge is -2.09. The minimum absolute atomic E-state index is 0.351. The van der Waals surface area contributed by atoms with Crippen molar-refractivity contribution >= 4 is 16.5 Å². The van der Waals surface area contributed by atoms with Crippen molar-refractivity contribution in [2.75, 3.05) is 12.8 Å². The van der Waals surface area contributed by atoms with Gasteiger partial charge in [0.15, 0.2) is 5.13 Å². The Labute approximate surface area is 70.6 Å². The zero-order chi connectivity index (χ0) is 8.27. The van der Waals surface area contributed by atoms with E-state index in [2.05, 4.69) is 17.2 Å². The molecule has 1 atom stereocenters. The number of aromatic nitrogens is 1. The first-order chi connectivity index (χ1) is 5.27. The maximum atomic E-state index is 5.51. The van der Waals surface area contributed by atoms with Gasteiger partial charge in [0.1, 0.15) is 0 Å². The van der Waals surface area contributed by atoms with Crippen molar-refractivity contribution < 1.29 is 0 Å². The molecule has 11 heavy (non-hydrogen) atoms. The minimum Gasteiger partial charge on any atom is -0.375 e. The predicted molar refractivity (Wildman–Crippen MR) is 48.6 cm³/mol. The van der Waals surface area contributed by atoms with E-state index in [4.69, 9.17) is 5.73 Å². The van der Waals surface area contributed by atoms with Gasteiger partial charge in [0.05, 0.1) is 5.69 Å². The van der Waals surface area contributed by atoms with Gasteiger partial charge in [0.2, 0.25) is 0 Å². The van der Waals surface area contributed by atoms with E-state index in [-0.39, 0.29) is 0 Å². The summed E-state index contributed by atoms with van der Waals surface area (Å²) in [5, 5.41) is 5.82. The molecule has 0 amide bonds. The molecule has 3 N–H and O–H groups in total. The van der Waals surface area contributed by atoms with Crippen molar-refractivity contribution in [3.63, 3.8) is 0 Å². The Bertz CT molecular complexity index is 217. The van der Waals surface area contributed by atoms with Crippen LogP contribution in [-0.2, 0) is 0 Å². The van der Waals surface area contributed by atoms with E-state index in [0.29, 0.717) is 11.2 Å². The number of hydrogen-bond acceptors (Lipinski definition) is 4. The molecule has 3 nitrogen and oxygen atoms in total. The molecule has 1 rings (SSSR count). The number of nitrogens with one attached hydrogen (secondary N) is 1. The number of anilines is 1. The smallest absolute Gasteiger partial charge is 0.180 e. The van der Waals surface area contributed by atoms with Crippen LogP contribution in [0.4, 0.5) is 5.13 Å². The maximum absolute atomic E-state index is 5.51. The Morgan fingerprint density at radius 2 is 2.55 bits per heavy atom. The van der Waals surface area contributed by atoms with Crippen molar-refractivity contribution in [3.8, 4) is 0 Å². The van der Waals surface area contributed by atoms with E-state index in [0.717, 1.165) is 12.1 Å². The number of nitrogen functional groups attached to an aromatic ring is 1. The van der Waals surface area contributed by atoms with Gasteiger partial charge in [-0.25, -0.2) is 4.98 Å². The number of thiazole rings is 1. The molecule has 1 aromatic rings. The first-order valence-corrected chi connectivity index (χ1v) is 4.54. The summed E-state index contributed by atoms with van der Waals surface area (Å²) in [6, 6.07) is 0.351. The Balaban J connectivity index is 2.73.